The highest BCUT2D eigenvalue weighted by molar-refractivity contribution is 5.81. The minimum atomic E-state index is 0.767. The number of aryl methyl sites for hydroxylation is 1. The van der Waals surface area contributed by atoms with E-state index < -0.39 is 0 Å². The highest BCUT2D eigenvalue weighted by Gasteiger charge is 2.06. The molecule has 0 N–H and O–H groups in total. The van der Waals surface area contributed by atoms with Gasteiger partial charge in [0.15, 0.2) is 5.82 Å². The van der Waals surface area contributed by atoms with Crippen molar-refractivity contribution in [3.05, 3.63) is 42.2 Å². The summed E-state index contributed by atoms with van der Waals surface area (Å²) in [5, 5.41) is 4.29. The molecule has 18 heavy (non-hydrogen) atoms. The van der Waals surface area contributed by atoms with Crippen LogP contribution in [-0.4, -0.2) is 27.5 Å². The van der Waals surface area contributed by atoms with E-state index in [0.717, 1.165) is 24.4 Å². The molecule has 1 aliphatic rings. The standard InChI is InChI=1S/C14H14N4/c1-18-10-16-14(17-18)13-4-2-11(3-5-13)12-6-8-15-9-7-12/h2-6,9-10H,7-8H2,1H3. The lowest BCUT2D eigenvalue weighted by molar-refractivity contribution is 0.768. The van der Waals surface area contributed by atoms with Crippen LogP contribution in [0.3, 0.4) is 0 Å². The zero-order valence-corrected chi connectivity index (χ0v) is 10.2. The van der Waals surface area contributed by atoms with Gasteiger partial charge in [-0.1, -0.05) is 30.3 Å². The molecule has 0 saturated carbocycles. The van der Waals surface area contributed by atoms with Gasteiger partial charge < -0.3 is 0 Å². The van der Waals surface area contributed by atoms with Gasteiger partial charge in [0.05, 0.1) is 6.54 Å². The maximum absolute atomic E-state index is 4.29. The maximum Gasteiger partial charge on any atom is 0.181 e. The molecule has 3 rings (SSSR count). The summed E-state index contributed by atoms with van der Waals surface area (Å²) in [7, 11) is 1.87. The van der Waals surface area contributed by atoms with Crippen molar-refractivity contribution in [3.63, 3.8) is 0 Å². The van der Waals surface area contributed by atoms with Crippen LogP contribution < -0.4 is 0 Å². The fraction of sp³-hybridized carbons (Fsp3) is 0.214. The number of allylic oxidation sites excluding steroid dienone is 1. The van der Waals surface area contributed by atoms with Crippen LogP contribution in [0.15, 0.2) is 41.7 Å². The number of nitrogens with zero attached hydrogens (tertiary/aromatic N) is 4. The molecule has 1 aromatic heterocycles. The zero-order chi connectivity index (χ0) is 12.4. The van der Waals surface area contributed by atoms with Crippen LogP contribution >= 0.6 is 0 Å². The molecule has 1 aliphatic heterocycles. The largest absolute Gasteiger partial charge is 0.293 e. The third kappa shape index (κ3) is 2.09. The molecule has 0 spiro atoms. The van der Waals surface area contributed by atoms with Crippen LogP contribution in [0.2, 0.25) is 0 Å². The first-order valence-electron chi connectivity index (χ1n) is 5.97. The number of hydrogen-bond acceptors (Lipinski definition) is 3. The molecule has 0 bridgehead atoms. The van der Waals surface area contributed by atoms with Gasteiger partial charge in [0.2, 0.25) is 0 Å². The third-order valence-corrected chi connectivity index (χ3v) is 3.00. The van der Waals surface area contributed by atoms with Gasteiger partial charge in [-0.15, -0.1) is 0 Å². The second-order valence-corrected chi connectivity index (χ2v) is 4.30. The molecule has 2 aromatic rings. The minimum Gasteiger partial charge on any atom is -0.293 e. The van der Waals surface area contributed by atoms with Gasteiger partial charge in [0, 0.05) is 25.2 Å². The summed E-state index contributed by atoms with van der Waals surface area (Å²) in [4.78, 5) is 8.44. The van der Waals surface area contributed by atoms with Gasteiger partial charge in [-0.25, -0.2) is 4.98 Å². The Morgan fingerprint density at radius 3 is 2.50 bits per heavy atom. The fourth-order valence-electron chi connectivity index (χ4n) is 2.02. The lowest BCUT2D eigenvalue weighted by Crippen LogP contribution is -1.94. The third-order valence-electron chi connectivity index (χ3n) is 3.00. The van der Waals surface area contributed by atoms with Crippen LogP contribution in [0.4, 0.5) is 0 Å². The minimum absolute atomic E-state index is 0.767. The maximum atomic E-state index is 4.29. The molecule has 4 nitrogen and oxygen atoms in total. The van der Waals surface area contributed by atoms with E-state index in [9.17, 15) is 0 Å². The predicted octanol–water partition coefficient (Wildman–Crippen LogP) is 2.34. The number of aromatic nitrogens is 3. The molecular formula is C14H14N4. The monoisotopic (exact) mass is 238 g/mol. The lowest BCUT2D eigenvalue weighted by atomic mass is 10.00. The SMILES string of the molecule is Cn1cnc(-c2ccc(C3=CCN=CC3)cc2)n1. The van der Waals surface area contributed by atoms with Crippen molar-refractivity contribution < 1.29 is 0 Å². The van der Waals surface area contributed by atoms with E-state index in [1.807, 2.05) is 13.3 Å². The number of benzene rings is 1. The number of aliphatic imine (C=N–C) groups is 1. The number of dihydropyridines is 1. The Hall–Kier alpha value is -2.23. The van der Waals surface area contributed by atoms with E-state index in [2.05, 4.69) is 45.4 Å². The smallest absolute Gasteiger partial charge is 0.181 e. The van der Waals surface area contributed by atoms with Crippen molar-refractivity contribution in [2.75, 3.05) is 6.54 Å². The van der Waals surface area contributed by atoms with Crippen molar-refractivity contribution in [1.82, 2.24) is 14.8 Å². The van der Waals surface area contributed by atoms with E-state index in [1.54, 1.807) is 11.0 Å². The fourth-order valence-corrected chi connectivity index (χ4v) is 2.02. The van der Waals surface area contributed by atoms with Crippen LogP contribution in [0, 0.1) is 0 Å². The van der Waals surface area contributed by atoms with E-state index in [1.165, 1.54) is 11.1 Å². The van der Waals surface area contributed by atoms with Gasteiger partial charge in [-0.05, 0) is 11.1 Å². The average molecular weight is 238 g/mol. The van der Waals surface area contributed by atoms with Crippen molar-refractivity contribution in [2.45, 2.75) is 6.42 Å². The Kier molecular flexibility index (Phi) is 2.76. The van der Waals surface area contributed by atoms with Gasteiger partial charge in [0.25, 0.3) is 0 Å². The second-order valence-electron chi connectivity index (χ2n) is 4.30. The van der Waals surface area contributed by atoms with Crippen LogP contribution in [0.5, 0.6) is 0 Å². The number of hydrogen-bond donors (Lipinski definition) is 0. The van der Waals surface area contributed by atoms with Crippen LogP contribution in [0.25, 0.3) is 17.0 Å². The molecule has 0 fully saturated rings. The van der Waals surface area contributed by atoms with Gasteiger partial charge >= 0.3 is 0 Å². The highest BCUT2D eigenvalue weighted by Crippen LogP contribution is 2.22. The Bertz CT molecular complexity index is 605. The Labute approximate surface area is 106 Å². The van der Waals surface area contributed by atoms with Crippen molar-refractivity contribution >= 4 is 11.8 Å². The first-order chi connectivity index (χ1) is 8.83. The normalized spacial score (nSPS) is 14.6. The molecule has 1 aromatic carbocycles. The lowest BCUT2D eigenvalue weighted by Gasteiger charge is -2.08. The summed E-state index contributed by atoms with van der Waals surface area (Å²) in [6.07, 6.45) is 6.78. The average Bonchev–Trinajstić information content (AvgIpc) is 2.87. The quantitative estimate of drug-likeness (QED) is 0.806. The van der Waals surface area contributed by atoms with Crippen molar-refractivity contribution in [2.24, 2.45) is 12.0 Å². The summed E-state index contributed by atoms with van der Waals surface area (Å²) in [5.74, 6) is 0.767. The molecule has 0 atom stereocenters. The van der Waals surface area contributed by atoms with Crippen LogP contribution in [0.1, 0.15) is 12.0 Å². The Balaban J connectivity index is 1.87. The summed E-state index contributed by atoms with van der Waals surface area (Å²) in [5.41, 5.74) is 3.63. The van der Waals surface area contributed by atoms with E-state index in [4.69, 9.17) is 0 Å². The van der Waals surface area contributed by atoms with E-state index in [-0.39, 0.29) is 0 Å². The molecule has 2 heterocycles. The molecule has 90 valence electrons. The molecule has 0 unspecified atom stereocenters. The molecule has 4 heteroatoms. The molecule has 0 saturated heterocycles. The zero-order valence-electron chi connectivity index (χ0n) is 10.2. The van der Waals surface area contributed by atoms with E-state index in [0.29, 0.717) is 0 Å². The summed E-state index contributed by atoms with van der Waals surface area (Å²) < 4.78 is 1.71. The Morgan fingerprint density at radius 2 is 1.89 bits per heavy atom. The second kappa shape index (κ2) is 4.56. The molecule has 0 amide bonds. The van der Waals surface area contributed by atoms with Crippen molar-refractivity contribution in [1.29, 1.82) is 0 Å². The van der Waals surface area contributed by atoms with Crippen LogP contribution in [-0.2, 0) is 7.05 Å². The number of rotatable bonds is 2. The van der Waals surface area contributed by atoms with Gasteiger partial charge in [0.1, 0.15) is 6.33 Å². The van der Waals surface area contributed by atoms with Gasteiger partial charge in [-0.2, -0.15) is 5.10 Å². The summed E-state index contributed by atoms with van der Waals surface area (Å²) >= 11 is 0. The molecular weight excluding hydrogens is 224 g/mol. The summed E-state index contributed by atoms with van der Waals surface area (Å²) in [6, 6.07) is 8.38. The highest BCUT2D eigenvalue weighted by atomic mass is 15.3. The van der Waals surface area contributed by atoms with E-state index >= 15 is 0 Å². The Morgan fingerprint density at radius 1 is 1.11 bits per heavy atom. The first kappa shape index (κ1) is 10.9. The molecule has 0 radical (unpaired) electrons. The topological polar surface area (TPSA) is 43.1 Å². The summed E-state index contributed by atoms with van der Waals surface area (Å²) in [6.45, 7) is 0.791. The van der Waals surface area contributed by atoms with Gasteiger partial charge in [-0.3, -0.25) is 9.67 Å². The predicted molar refractivity (Wildman–Crippen MR) is 72.4 cm³/mol. The molecule has 0 aliphatic carbocycles. The first-order valence-corrected chi connectivity index (χ1v) is 5.97. The van der Waals surface area contributed by atoms with Crippen molar-refractivity contribution in [3.8, 4) is 11.4 Å².